The molecule has 142 valence electrons. The second-order valence-electron chi connectivity index (χ2n) is 5.99. The molecular weight excluding hydrogens is 372 g/mol. The SMILES string of the molecule is C=CCn1c(SCC(=O)NC(=O)Cc2ccccc2)nnc1-c1ccccc1. The summed E-state index contributed by atoms with van der Waals surface area (Å²) in [6.45, 7) is 4.30. The van der Waals surface area contributed by atoms with Gasteiger partial charge < -0.3 is 0 Å². The highest BCUT2D eigenvalue weighted by molar-refractivity contribution is 7.99. The Morgan fingerprint density at radius 1 is 1.00 bits per heavy atom. The maximum atomic E-state index is 12.1. The summed E-state index contributed by atoms with van der Waals surface area (Å²) in [4.78, 5) is 24.1. The Labute approximate surface area is 167 Å². The van der Waals surface area contributed by atoms with Crippen molar-refractivity contribution in [1.82, 2.24) is 20.1 Å². The summed E-state index contributed by atoms with van der Waals surface area (Å²) in [6, 6.07) is 19.0. The Balaban J connectivity index is 1.61. The molecule has 1 heterocycles. The number of amides is 2. The zero-order valence-electron chi connectivity index (χ0n) is 15.2. The third-order valence-corrected chi connectivity index (χ3v) is 4.85. The van der Waals surface area contributed by atoms with Crippen molar-refractivity contribution in [2.45, 2.75) is 18.1 Å². The molecule has 0 bridgehead atoms. The van der Waals surface area contributed by atoms with Gasteiger partial charge in [-0.25, -0.2) is 0 Å². The first-order valence-corrected chi connectivity index (χ1v) is 9.75. The Morgan fingerprint density at radius 2 is 1.68 bits per heavy atom. The van der Waals surface area contributed by atoms with Crippen molar-refractivity contribution >= 4 is 23.6 Å². The van der Waals surface area contributed by atoms with E-state index < -0.39 is 0 Å². The predicted octanol–water partition coefficient (Wildman–Crippen LogP) is 3.11. The molecule has 0 aliphatic carbocycles. The number of imide groups is 1. The highest BCUT2D eigenvalue weighted by Crippen LogP contribution is 2.23. The molecule has 0 radical (unpaired) electrons. The molecule has 0 fully saturated rings. The van der Waals surface area contributed by atoms with E-state index in [1.165, 1.54) is 11.8 Å². The van der Waals surface area contributed by atoms with Crippen LogP contribution in [0.5, 0.6) is 0 Å². The number of thioether (sulfide) groups is 1. The molecule has 2 amide bonds. The van der Waals surface area contributed by atoms with E-state index in [9.17, 15) is 9.59 Å². The standard InChI is InChI=1S/C21H20N4O2S/c1-2-13-25-20(17-11-7-4-8-12-17)23-24-21(25)28-15-19(27)22-18(26)14-16-9-5-3-6-10-16/h2-12H,1,13-15H2,(H,22,26,27). The molecule has 0 saturated heterocycles. The fourth-order valence-corrected chi connectivity index (χ4v) is 3.38. The number of nitrogens with one attached hydrogen (secondary N) is 1. The minimum atomic E-state index is -0.361. The maximum Gasteiger partial charge on any atom is 0.237 e. The number of hydrogen-bond donors (Lipinski definition) is 1. The van der Waals surface area contributed by atoms with Crippen LogP contribution < -0.4 is 5.32 Å². The molecule has 0 saturated carbocycles. The van der Waals surface area contributed by atoms with Gasteiger partial charge in [0.05, 0.1) is 12.2 Å². The lowest BCUT2D eigenvalue weighted by molar-refractivity contribution is -0.128. The second-order valence-corrected chi connectivity index (χ2v) is 6.94. The van der Waals surface area contributed by atoms with E-state index in [1.54, 1.807) is 6.08 Å². The van der Waals surface area contributed by atoms with Gasteiger partial charge in [0.25, 0.3) is 0 Å². The maximum absolute atomic E-state index is 12.1. The number of hydrogen-bond acceptors (Lipinski definition) is 5. The number of nitrogens with zero attached hydrogens (tertiary/aromatic N) is 3. The quantitative estimate of drug-likeness (QED) is 0.471. The Bertz CT molecular complexity index is 955. The van der Waals surface area contributed by atoms with E-state index in [0.717, 1.165) is 11.1 Å². The summed E-state index contributed by atoms with van der Waals surface area (Å²) >= 11 is 1.24. The molecule has 0 unspecified atom stereocenters. The normalized spacial score (nSPS) is 10.4. The molecule has 0 aliphatic heterocycles. The van der Waals surface area contributed by atoms with Crippen molar-refractivity contribution < 1.29 is 9.59 Å². The fourth-order valence-electron chi connectivity index (χ4n) is 2.64. The lowest BCUT2D eigenvalue weighted by Gasteiger charge is -2.08. The number of carbonyl (C=O) groups is 2. The van der Waals surface area contributed by atoms with E-state index >= 15 is 0 Å². The van der Waals surface area contributed by atoms with Crippen LogP contribution in [0.4, 0.5) is 0 Å². The summed E-state index contributed by atoms with van der Waals surface area (Å²) in [5.74, 6) is 0.100. The van der Waals surface area contributed by atoms with Gasteiger partial charge in [0.15, 0.2) is 11.0 Å². The van der Waals surface area contributed by atoms with Crippen LogP contribution in [-0.2, 0) is 22.6 Å². The molecule has 0 spiro atoms. The van der Waals surface area contributed by atoms with Crippen molar-refractivity contribution in [3.8, 4) is 11.4 Å². The lowest BCUT2D eigenvalue weighted by atomic mass is 10.1. The zero-order chi connectivity index (χ0) is 19.8. The minimum Gasteiger partial charge on any atom is -0.298 e. The van der Waals surface area contributed by atoms with Gasteiger partial charge in [0.1, 0.15) is 0 Å². The predicted molar refractivity (Wildman–Crippen MR) is 110 cm³/mol. The van der Waals surface area contributed by atoms with Gasteiger partial charge >= 0.3 is 0 Å². The van der Waals surface area contributed by atoms with Crippen LogP contribution in [0.1, 0.15) is 5.56 Å². The highest BCUT2D eigenvalue weighted by Gasteiger charge is 2.15. The van der Waals surface area contributed by atoms with Crippen LogP contribution in [0, 0.1) is 0 Å². The van der Waals surface area contributed by atoms with Gasteiger partial charge in [-0.15, -0.1) is 16.8 Å². The molecule has 0 aliphatic rings. The van der Waals surface area contributed by atoms with E-state index in [4.69, 9.17) is 0 Å². The first-order valence-electron chi connectivity index (χ1n) is 8.76. The van der Waals surface area contributed by atoms with Crippen LogP contribution in [-0.4, -0.2) is 32.3 Å². The third kappa shape index (κ3) is 5.17. The number of benzene rings is 2. The van der Waals surface area contributed by atoms with Crippen molar-refractivity contribution in [2.75, 3.05) is 5.75 Å². The van der Waals surface area contributed by atoms with E-state index in [-0.39, 0.29) is 24.0 Å². The molecule has 3 rings (SSSR count). The average Bonchev–Trinajstić information content (AvgIpc) is 3.11. The number of allylic oxidation sites excluding steroid dienone is 1. The lowest BCUT2D eigenvalue weighted by Crippen LogP contribution is -2.33. The van der Waals surface area contributed by atoms with Gasteiger partial charge in [-0.3, -0.25) is 19.5 Å². The van der Waals surface area contributed by atoms with Crippen molar-refractivity contribution in [3.63, 3.8) is 0 Å². The summed E-state index contributed by atoms with van der Waals surface area (Å²) in [5, 5.41) is 11.5. The fraction of sp³-hybridized carbons (Fsp3) is 0.143. The van der Waals surface area contributed by atoms with Crippen molar-refractivity contribution in [3.05, 3.63) is 78.9 Å². The summed E-state index contributed by atoms with van der Waals surface area (Å²) < 4.78 is 1.89. The van der Waals surface area contributed by atoms with Gasteiger partial charge in [-0.1, -0.05) is 78.5 Å². The monoisotopic (exact) mass is 392 g/mol. The number of carbonyl (C=O) groups excluding carboxylic acids is 2. The molecule has 1 aromatic heterocycles. The smallest absolute Gasteiger partial charge is 0.237 e. The van der Waals surface area contributed by atoms with Crippen LogP contribution in [0.3, 0.4) is 0 Å². The molecule has 1 N–H and O–H groups in total. The summed E-state index contributed by atoms with van der Waals surface area (Å²) in [6.07, 6.45) is 1.92. The molecule has 7 heteroatoms. The molecule has 3 aromatic rings. The largest absolute Gasteiger partial charge is 0.298 e. The van der Waals surface area contributed by atoms with E-state index in [2.05, 4.69) is 22.1 Å². The van der Waals surface area contributed by atoms with Gasteiger partial charge in [0.2, 0.25) is 11.8 Å². The summed E-state index contributed by atoms with van der Waals surface area (Å²) in [7, 11) is 0. The Morgan fingerprint density at radius 3 is 2.36 bits per heavy atom. The third-order valence-electron chi connectivity index (χ3n) is 3.88. The van der Waals surface area contributed by atoms with Gasteiger partial charge in [0, 0.05) is 12.1 Å². The summed E-state index contributed by atoms with van der Waals surface area (Å²) in [5.41, 5.74) is 1.80. The Kier molecular flexibility index (Phi) is 6.75. The van der Waals surface area contributed by atoms with Crippen molar-refractivity contribution in [2.24, 2.45) is 0 Å². The van der Waals surface area contributed by atoms with Crippen LogP contribution in [0.15, 0.2) is 78.5 Å². The first kappa shape index (κ1) is 19.6. The molecule has 6 nitrogen and oxygen atoms in total. The molecule has 2 aromatic carbocycles. The van der Waals surface area contributed by atoms with Crippen molar-refractivity contribution in [1.29, 1.82) is 0 Å². The second kappa shape index (κ2) is 9.66. The Hall–Kier alpha value is -3.19. The first-order chi connectivity index (χ1) is 13.7. The van der Waals surface area contributed by atoms with E-state index in [0.29, 0.717) is 17.5 Å². The number of aromatic nitrogens is 3. The van der Waals surface area contributed by atoms with Gasteiger partial charge in [-0.05, 0) is 5.56 Å². The topological polar surface area (TPSA) is 76.9 Å². The van der Waals surface area contributed by atoms with Crippen LogP contribution in [0.2, 0.25) is 0 Å². The van der Waals surface area contributed by atoms with Crippen LogP contribution >= 0.6 is 11.8 Å². The zero-order valence-corrected chi connectivity index (χ0v) is 16.1. The minimum absolute atomic E-state index is 0.0740. The van der Waals surface area contributed by atoms with Gasteiger partial charge in [-0.2, -0.15) is 0 Å². The van der Waals surface area contributed by atoms with Crippen LogP contribution in [0.25, 0.3) is 11.4 Å². The number of rotatable bonds is 8. The highest BCUT2D eigenvalue weighted by atomic mass is 32.2. The van der Waals surface area contributed by atoms with E-state index in [1.807, 2.05) is 65.2 Å². The molecule has 28 heavy (non-hydrogen) atoms. The molecular formula is C21H20N4O2S. The average molecular weight is 392 g/mol. The molecule has 0 atom stereocenters.